The van der Waals surface area contributed by atoms with Gasteiger partial charge in [0.05, 0.1) is 12.1 Å². The molecule has 0 saturated heterocycles. The Labute approximate surface area is 124 Å². The van der Waals surface area contributed by atoms with Crippen LogP contribution >= 0.6 is 15.9 Å². The van der Waals surface area contributed by atoms with Gasteiger partial charge in [-0.05, 0) is 48.4 Å². The highest BCUT2D eigenvalue weighted by atomic mass is 79.9. The number of aryl methyl sites for hydroxylation is 1. The molecule has 0 aliphatic carbocycles. The van der Waals surface area contributed by atoms with Gasteiger partial charge < -0.3 is 10.4 Å². The topological polar surface area (TPSA) is 49.3 Å². The molecule has 1 amide bonds. The van der Waals surface area contributed by atoms with Gasteiger partial charge in [-0.1, -0.05) is 22.0 Å². The number of halogens is 2. The van der Waals surface area contributed by atoms with Crippen molar-refractivity contribution in [1.82, 2.24) is 0 Å². The number of phenolic OH excluding ortho intramolecular Hbond substituents is 1. The molecule has 0 spiro atoms. The molecule has 0 heterocycles. The number of aromatic hydroxyl groups is 1. The summed E-state index contributed by atoms with van der Waals surface area (Å²) >= 11 is 3.23. The number of amides is 1. The van der Waals surface area contributed by atoms with Gasteiger partial charge >= 0.3 is 0 Å². The van der Waals surface area contributed by atoms with Gasteiger partial charge in [-0.25, -0.2) is 4.39 Å². The van der Waals surface area contributed by atoms with E-state index in [4.69, 9.17) is 0 Å². The molecule has 0 aliphatic rings. The van der Waals surface area contributed by atoms with Crippen molar-refractivity contribution in [2.45, 2.75) is 13.3 Å². The van der Waals surface area contributed by atoms with Gasteiger partial charge in [-0.2, -0.15) is 0 Å². The molecular formula is C15H13BrFNO2. The van der Waals surface area contributed by atoms with Crippen LogP contribution in [0, 0.1) is 12.7 Å². The summed E-state index contributed by atoms with van der Waals surface area (Å²) in [5.74, 6) is -0.828. The first-order valence-electron chi connectivity index (χ1n) is 5.99. The zero-order chi connectivity index (χ0) is 14.7. The summed E-state index contributed by atoms with van der Waals surface area (Å²) in [5.41, 5.74) is 1.50. The molecule has 0 unspecified atom stereocenters. The summed E-state index contributed by atoms with van der Waals surface area (Å²) in [6.07, 6.45) is -0.0986. The molecule has 2 rings (SSSR count). The highest BCUT2D eigenvalue weighted by Gasteiger charge is 2.11. The van der Waals surface area contributed by atoms with Crippen LogP contribution in [0.25, 0.3) is 0 Å². The normalized spacial score (nSPS) is 10.3. The highest BCUT2D eigenvalue weighted by Crippen LogP contribution is 2.24. The second-order valence-electron chi connectivity index (χ2n) is 4.48. The third kappa shape index (κ3) is 3.57. The number of benzene rings is 2. The van der Waals surface area contributed by atoms with Gasteiger partial charge in [0.25, 0.3) is 0 Å². The fourth-order valence-corrected chi connectivity index (χ4v) is 2.20. The Morgan fingerprint density at radius 2 is 2.05 bits per heavy atom. The largest absolute Gasteiger partial charge is 0.506 e. The number of carbonyl (C=O) groups excluding carboxylic acids is 1. The van der Waals surface area contributed by atoms with Crippen molar-refractivity contribution in [1.29, 1.82) is 0 Å². The maximum Gasteiger partial charge on any atom is 0.229 e. The minimum atomic E-state index is -0.434. The lowest BCUT2D eigenvalue weighted by Crippen LogP contribution is -2.15. The van der Waals surface area contributed by atoms with Gasteiger partial charge in [0.2, 0.25) is 5.91 Å². The number of nitrogens with one attached hydrogen (secondary N) is 1. The molecule has 0 bridgehead atoms. The highest BCUT2D eigenvalue weighted by molar-refractivity contribution is 9.10. The van der Waals surface area contributed by atoms with E-state index in [0.29, 0.717) is 15.7 Å². The minimum Gasteiger partial charge on any atom is -0.506 e. The van der Waals surface area contributed by atoms with E-state index >= 15 is 0 Å². The van der Waals surface area contributed by atoms with Gasteiger partial charge in [0, 0.05) is 4.47 Å². The fourth-order valence-electron chi connectivity index (χ4n) is 1.79. The third-order valence-electron chi connectivity index (χ3n) is 2.79. The van der Waals surface area contributed by atoms with Crippen molar-refractivity contribution >= 4 is 27.5 Å². The van der Waals surface area contributed by atoms with Crippen LogP contribution in [0.4, 0.5) is 10.1 Å². The number of phenols is 1. The Kier molecular flexibility index (Phi) is 4.39. The van der Waals surface area contributed by atoms with Crippen molar-refractivity contribution in [2.24, 2.45) is 0 Å². The predicted molar refractivity (Wildman–Crippen MR) is 79.3 cm³/mol. The molecule has 2 N–H and O–H groups in total. The molecule has 0 atom stereocenters. The van der Waals surface area contributed by atoms with E-state index in [-0.39, 0.29) is 18.1 Å². The quantitative estimate of drug-likeness (QED) is 0.837. The first-order valence-corrected chi connectivity index (χ1v) is 6.78. The van der Waals surface area contributed by atoms with Crippen molar-refractivity contribution in [3.8, 4) is 5.75 Å². The number of carbonyl (C=O) groups is 1. The zero-order valence-corrected chi connectivity index (χ0v) is 12.4. The van der Waals surface area contributed by atoms with Crippen LogP contribution in [0.5, 0.6) is 5.75 Å². The van der Waals surface area contributed by atoms with Gasteiger partial charge in [0.15, 0.2) is 0 Å². The lowest BCUT2D eigenvalue weighted by atomic mass is 10.1. The Balaban J connectivity index is 2.11. The molecule has 104 valence electrons. The van der Waals surface area contributed by atoms with Crippen molar-refractivity contribution in [3.63, 3.8) is 0 Å². The van der Waals surface area contributed by atoms with E-state index in [1.165, 1.54) is 6.07 Å². The summed E-state index contributed by atoms with van der Waals surface area (Å²) in [4.78, 5) is 11.9. The standard InChI is InChI=1S/C15H13BrFNO2/c1-9-2-5-13(14(19)6-9)18-15(20)8-10-7-11(16)3-4-12(10)17/h2-7,19H,8H2,1H3,(H,18,20). The zero-order valence-electron chi connectivity index (χ0n) is 10.8. The summed E-state index contributed by atoms with van der Waals surface area (Å²) in [7, 11) is 0. The molecule has 20 heavy (non-hydrogen) atoms. The van der Waals surface area contributed by atoms with E-state index in [0.717, 1.165) is 5.56 Å². The van der Waals surface area contributed by atoms with Crippen LogP contribution < -0.4 is 5.32 Å². The third-order valence-corrected chi connectivity index (χ3v) is 3.28. The lowest BCUT2D eigenvalue weighted by molar-refractivity contribution is -0.115. The van der Waals surface area contributed by atoms with E-state index in [2.05, 4.69) is 21.2 Å². The molecule has 0 fully saturated rings. The molecule has 0 aliphatic heterocycles. The van der Waals surface area contributed by atoms with Crippen molar-refractivity contribution < 1.29 is 14.3 Å². The summed E-state index contributed by atoms with van der Waals surface area (Å²) < 4.78 is 14.3. The SMILES string of the molecule is Cc1ccc(NC(=O)Cc2cc(Br)ccc2F)c(O)c1. The average molecular weight is 338 g/mol. The monoisotopic (exact) mass is 337 g/mol. The first-order chi connectivity index (χ1) is 9.45. The fraction of sp³-hybridized carbons (Fsp3) is 0.133. The molecule has 0 radical (unpaired) electrons. The van der Waals surface area contributed by atoms with Crippen LogP contribution in [-0.4, -0.2) is 11.0 Å². The summed E-state index contributed by atoms with van der Waals surface area (Å²) in [6, 6.07) is 9.37. The van der Waals surface area contributed by atoms with E-state index < -0.39 is 5.82 Å². The molecule has 0 saturated carbocycles. The summed E-state index contributed by atoms with van der Waals surface area (Å²) in [6.45, 7) is 1.84. The van der Waals surface area contributed by atoms with E-state index in [1.54, 1.807) is 30.3 Å². The molecule has 3 nitrogen and oxygen atoms in total. The first kappa shape index (κ1) is 14.5. The second kappa shape index (κ2) is 6.05. The van der Waals surface area contributed by atoms with Crippen LogP contribution in [0.15, 0.2) is 40.9 Å². The number of anilines is 1. The number of hydrogen-bond acceptors (Lipinski definition) is 2. The van der Waals surface area contributed by atoms with Crippen LogP contribution in [0.3, 0.4) is 0 Å². The average Bonchev–Trinajstić information content (AvgIpc) is 2.37. The Bertz CT molecular complexity index is 658. The molecule has 5 heteroatoms. The van der Waals surface area contributed by atoms with E-state index in [1.807, 2.05) is 6.92 Å². The number of hydrogen-bond donors (Lipinski definition) is 2. The maximum absolute atomic E-state index is 13.6. The van der Waals surface area contributed by atoms with Crippen LogP contribution in [-0.2, 0) is 11.2 Å². The van der Waals surface area contributed by atoms with Crippen LogP contribution in [0.2, 0.25) is 0 Å². The van der Waals surface area contributed by atoms with Crippen molar-refractivity contribution in [2.75, 3.05) is 5.32 Å². The Morgan fingerprint density at radius 1 is 1.30 bits per heavy atom. The Hall–Kier alpha value is -1.88. The molecule has 2 aromatic rings. The van der Waals surface area contributed by atoms with E-state index in [9.17, 15) is 14.3 Å². The Morgan fingerprint density at radius 3 is 2.75 bits per heavy atom. The molecular weight excluding hydrogens is 325 g/mol. The molecule has 2 aromatic carbocycles. The smallest absolute Gasteiger partial charge is 0.229 e. The minimum absolute atomic E-state index is 0.00642. The van der Waals surface area contributed by atoms with Crippen LogP contribution in [0.1, 0.15) is 11.1 Å². The maximum atomic E-state index is 13.6. The van der Waals surface area contributed by atoms with Gasteiger partial charge in [-0.3, -0.25) is 4.79 Å². The van der Waals surface area contributed by atoms with Gasteiger partial charge in [-0.15, -0.1) is 0 Å². The number of rotatable bonds is 3. The second-order valence-corrected chi connectivity index (χ2v) is 5.40. The van der Waals surface area contributed by atoms with Gasteiger partial charge in [0.1, 0.15) is 11.6 Å². The predicted octanol–water partition coefficient (Wildman–Crippen LogP) is 3.78. The summed E-state index contributed by atoms with van der Waals surface area (Å²) in [5, 5.41) is 12.3. The van der Waals surface area contributed by atoms with Crippen molar-refractivity contribution in [3.05, 3.63) is 57.8 Å². The molecule has 0 aromatic heterocycles. The lowest BCUT2D eigenvalue weighted by Gasteiger charge is -2.08.